The van der Waals surface area contributed by atoms with Crippen LogP contribution >= 0.6 is 0 Å². The van der Waals surface area contributed by atoms with Crippen molar-refractivity contribution in [2.24, 2.45) is 23.3 Å². The zero-order valence-corrected chi connectivity index (χ0v) is 30.2. The second-order valence-corrected chi connectivity index (χ2v) is 14.1. The number of para-hydroxylation sites is 1. The highest BCUT2D eigenvalue weighted by Crippen LogP contribution is 2.44. The van der Waals surface area contributed by atoms with Gasteiger partial charge in [0.15, 0.2) is 0 Å². The summed E-state index contributed by atoms with van der Waals surface area (Å²) in [5, 5.41) is 18.7. The summed E-state index contributed by atoms with van der Waals surface area (Å²) in [6.45, 7) is 11.9. The third-order valence-electron chi connectivity index (χ3n) is 10.6. The third kappa shape index (κ3) is 7.72. The molecular formula is C38H51N9O5. The lowest BCUT2D eigenvalue weighted by atomic mass is 10.0. The highest BCUT2D eigenvalue weighted by molar-refractivity contribution is 6.23. The number of anilines is 1. The molecule has 2 aromatic carbocycles. The summed E-state index contributed by atoms with van der Waals surface area (Å²) in [5.41, 5.74) is 15.8. The minimum Gasteiger partial charge on any atom is -0.507 e. The van der Waals surface area contributed by atoms with Crippen LogP contribution in [0.5, 0.6) is 5.75 Å². The number of imide groups is 2. The number of likely N-dealkylation sites (N-methyl/N-ethyl adjacent to an activating group) is 1. The summed E-state index contributed by atoms with van der Waals surface area (Å²) in [4.78, 5) is 57.0. The molecule has 4 atom stereocenters. The number of allylic oxidation sites excluding steroid dienone is 1. The van der Waals surface area contributed by atoms with Gasteiger partial charge in [0.2, 0.25) is 11.8 Å². The predicted octanol–water partition coefficient (Wildman–Crippen LogP) is 1.52. The number of carbonyl (C=O) groups is 4. The van der Waals surface area contributed by atoms with Gasteiger partial charge in [0.25, 0.3) is 11.8 Å². The third-order valence-corrected chi connectivity index (χ3v) is 10.6. The first kappa shape index (κ1) is 36.7. The molecule has 4 fully saturated rings. The highest BCUT2D eigenvalue weighted by Gasteiger charge is 2.45. The molecule has 2 aromatic rings. The van der Waals surface area contributed by atoms with E-state index in [1.54, 1.807) is 36.4 Å². The fraction of sp³-hybridized carbons (Fsp3) is 0.474. The van der Waals surface area contributed by atoms with Gasteiger partial charge in [-0.2, -0.15) is 0 Å². The largest absolute Gasteiger partial charge is 0.507 e. The Morgan fingerprint density at radius 1 is 1.00 bits per heavy atom. The second-order valence-electron chi connectivity index (χ2n) is 14.1. The minimum absolute atomic E-state index is 0.120. The summed E-state index contributed by atoms with van der Waals surface area (Å²) in [6.07, 6.45) is 3.53. The zero-order valence-electron chi connectivity index (χ0n) is 30.2. The number of nitrogens with one attached hydrogen (secondary N) is 3. The van der Waals surface area contributed by atoms with Crippen molar-refractivity contribution < 1.29 is 24.3 Å². The number of carbonyl (C=O) groups excluding carboxylic acids is 4. The van der Waals surface area contributed by atoms with Crippen molar-refractivity contribution in [2.45, 2.75) is 45.2 Å². The summed E-state index contributed by atoms with van der Waals surface area (Å²) in [5.74, 6) is 0.708. The number of piperidine rings is 2. The topological polar surface area (TPSA) is 190 Å². The number of rotatable bonds is 7. The molecule has 0 radical (unpaired) electrons. The van der Waals surface area contributed by atoms with Crippen LogP contribution in [0.3, 0.4) is 0 Å². The molecule has 14 heteroatoms. The molecule has 0 spiro atoms. The summed E-state index contributed by atoms with van der Waals surface area (Å²) in [6, 6.07) is 11.6. The number of nitrogens with two attached hydrogens (primary N) is 2. The van der Waals surface area contributed by atoms with Gasteiger partial charge in [-0.3, -0.25) is 29.4 Å². The summed E-state index contributed by atoms with van der Waals surface area (Å²) < 4.78 is 0. The van der Waals surface area contributed by atoms with Crippen LogP contribution in [0, 0.1) is 11.8 Å². The van der Waals surface area contributed by atoms with Gasteiger partial charge in [-0.1, -0.05) is 26.0 Å². The predicted molar refractivity (Wildman–Crippen MR) is 198 cm³/mol. The number of amides is 4. The van der Waals surface area contributed by atoms with Gasteiger partial charge in [-0.05, 0) is 68.1 Å². The number of hydrogen-bond acceptors (Lipinski definition) is 12. The summed E-state index contributed by atoms with van der Waals surface area (Å²) >= 11 is 0. The Morgan fingerprint density at radius 3 is 2.46 bits per heavy atom. The Morgan fingerprint density at radius 2 is 1.73 bits per heavy atom. The first-order chi connectivity index (χ1) is 25.1. The van der Waals surface area contributed by atoms with Crippen molar-refractivity contribution in [1.82, 2.24) is 30.2 Å². The van der Waals surface area contributed by atoms with Crippen LogP contribution in [-0.2, 0) is 9.59 Å². The SMILES string of the molecule is CC.CN1CCN2C(/C=C(\N)c3ccccc3O)=C(N)NCC2C1.O=C1CCC(N2C(=O)c3ccc(NCCN4CC5CC5C4)cc3C2=O)C(=O)N1. The van der Waals surface area contributed by atoms with Gasteiger partial charge in [-0.15, -0.1) is 0 Å². The molecule has 1 aliphatic carbocycles. The monoisotopic (exact) mass is 713 g/mol. The lowest BCUT2D eigenvalue weighted by Crippen LogP contribution is -2.58. The van der Waals surface area contributed by atoms with Crippen molar-refractivity contribution in [3.8, 4) is 5.75 Å². The fourth-order valence-electron chi connectivity index (χ4n) is 7.70. The normalized spacial score (nSPS) is 25.6. The van der Waals surface area contributed by atoms with Gasteiger partial charge >= 0.3 is 0 Å². The fourth-order valence-corrected chi connectivity index (χ4v) is 7.70. The van der Waals surface area contributed by atoms with Crippen LogP contribution in [-0.4, -0.2) is 120 Å². The first-order valence-corrected chi connectivity index (χ1v) is 18.3. The van der Waals surface area contributed by atoms with E-state index in [4.69, 9.17) is 11.5 Å². The maximum atomic E-state index is 12.8. The number of benzene rings is 2. The van der Waals surface area contributed by atoms with Crippen LogP contribution in [0.2, 0.25) is 0 Å². The number of phenols is 1. The Labute approximate surface area is 304 Å². The molecule has 278 valence electrons. The second kappa shape index (κ2) is 15.7. The van der Waals surface area contributed by atoms with E-state index >= 15 is 0 Å². The molecule has 0 aromatic heterocycles. The van der Waals surface area contributed by atoms with E-state index in [2.05, 4.69) is 37.7 Å². The van der Waals surface area contributed by atoms with Crippen molar-refractivity contribution in [3.63, 3.8) is 0 Å². The number of nitrogens with zero attached hydrogens (tertiary/aromatic N) is 4. The Bertz CT molecular complexity index is 1770. The maximum absolute atomic E-state index is 12.8. The van der Waals surface area contributed by atoms with Crippen LogP contribution in [0.1, 0.15) is 59.4 Å². The molecule has 6 aliphatic rings. The van der Waals surface area contributed by atoms with Crippen molar-refractivity contribution >= 4 is 35.0 Å². The van der Waals surface area contributed by atoms with E-state index in [0.717, 1.165) is 67.4 Å². The molecule has 8 N–H and O–H groups in total. The van der Waals surface area contributed by atoms with E-state index in [0.29, 0.717) is 34.3 Å². The van der Waals surface area contributed by atoms with Crippen LogP contribution in [0.25, 0.3) is 5.70 Å². The van der Waals surface area contributed by atoms with Gasteiger partial charge in [0, 0.05) is 75.7 Å². The molecule has 4 unspecified atom stereocenters. The Balaban J connectivity index is 0.000000175. The zero-order chi connectivity index (χ0) is 37.1. The molecule has 8 rings (SSSR count). The minimum atomic E-state index is -0.928. The Hall–Kier alpha value is -5.08. The molecule has 5 aliphatic heterocycles. The highest BCUT2D eigenvalue weighted by atomic mass is 16.3. The Kier molecular flexibility index (Phi) is 11.1. The van der Waals surface area contributed by atoms with Crippen molar-refractivity contribution in [1.29, 1.82) is 0 Å². The number of aromatic hydroxyl groups is 1. The van der Waals surface area contributed by atoms with E-state index in [1.807, 2.05) is 26.0 Å². The lowest BCUT2D eigenvalue weighted by Gasteiger charge is -2.45. The van der Waals surface area contributed by atoms with Crippen molar-refractivity contribution in [3.05, 3.63) is 76.7 Å². The van der Waals surface area contributed by atoms with Crippen LogP contribution in [0.15, 0.2) is 60.1 Å². The molecule has 0 bridgehead atoms. The van der Waals surface area contributed by atoms with E-state index in [1.165, 1.54) is 19.5 Å². The molecular weight excluding hydrogens is 662 g/mol. The number of fused-ring (bicyclic) bond motifs is 3. The van der Waals surface area contributed by atoms with Crippen molar-refractivity contribution in [2.75, 3.05) is 64.7 Å². The summed E-state index contributed by atoms with van der Waals surface area (Å²) in [7, 11) is 2.13. The number of hydrogen-bond donors (Lipinski definition) is 6. The van der Waals surface area contributed by atoms with Gasteiger partial charge in [0.05, 0.1) is 22.9 Å². The first-order valence-electron chi connectivity index (χ1n) is 18.3. The van der Waals surface area contributed by atoms with Crippen LogP contribution < -0.4 is 27.4 Å². The van der Waals surface area contributed by atoms with Gasteiger partial charge < -0.3 is 41.9 Å². The number of likely N-dealkylation sites (tertiary alicyclic amines) is 1. The average molecular weight is 714 g/mol. The average Bonchev–Trinajstić information content (AvgIpc) is 3.67. The molecule has 4 amide bonds. The lowest BCUT2D eigenvalue weighted by molar-refractivity contribution is -0.136. The molecule has 3 saturated heterocycles. The molecule has 5 heterocycles. The van der Waals surface area contributed by atoms with E-state index < -0.39 is 23.8 Å². The molecule has 1 saturated carbocycles. The van der Waals surface area contributed by atoms with Gasteiger partial charge in [0.1, 0.15) is 17.6 Å². The smallest absolute Gasteiger partial charge is 0.262 e. The van der Waals surface area contributed by atoms with E-state index in [-0.39, 0.29) is 24.5 Å². The quantitative estimate of drug-likeness (QED) is 0.227. The standard InChI is InChI=1S/C20H22N4O4.C16H23N5O.C2H6/c25-17-4-3-16(18(26)22-17)24-19(27)14-2-1-13(8-15(14)20(24)28)21-5-6-23-9-11-7-12(11)10-23;1-20-6-7-21-11(10-20)9-19-16(18)14(21)8-13(17)12-4-2-3-5-15(12)22;1-2/h1-2,8,11-12,16,21H,3-7,9-10H2,(H,22,25,26);2-5,8,11,19,22H,6-7,9-10,17-18H2,1H3;1-2H3/b;13-8-;. The molecule has 52 heavy (non-hydrogen) atoms. The molecule has 14 nitrogen and oxygen atoms in total. The van der Waals surface area contributed by atoms with Gasteiger partial charge in [-0.25, -0.2) is 0 Å². The van der Waals surface area contributed by atoms with Crippen LogP contribution in [0.4, 0.5) is 5.69 Å². The van der Waals surface area contributed by atoms with E-state index in [9.17, 15) is 24.3 Å². The number of phenolic OH excluding ortho intramolecular Hbond substituents is 1. The number of piperazine rings is 1. The maximum Gasteiger partial charge on any atom is 0.262 e.